The van der Waals surface area contributed by atoms with Crippen molar-refractivity contribution in [3.8, 4) is 5.75 Å². The van der Waals surface area contributed by atoms with Crippen LogP contribution in [0.1, 0.15) is 13.3 Å². The van der Waals surface area contributed by atoms with Crippen molar-refractivity contribution in [2.45, 2.75) is 13.3 Å². The molecule has 5 nitrogen and oxygen atoms in total. The molecule has 138 valence electrons. The first-order valence-corrected chi connectivity index (χ1v) is 8.53. The van der Waals surface area contributed by atoms with Crippen molar-refractivity contribution >= 4 is 29.1 Å². The van der Waals surface area contributed by atoms with Gasteiger partial charge in [0.1, 0.15) is 11.6 Å². The quantitative estimate of drug-likeness (QED) is 0.765. The maximum atomic E-state index is 13.3. The Morgan fingerprint density at radius 3 is 2.58 bits per heavy atom. The van der Waals surface area contributed by atoms with Gasteiger partial charge >= 0.3 is 0 Å². The number of rotatable bonds is 8. The van der Waals surface area contributed by atoms with Crippen molar-refractivity contribution < 1.29 is 18.7 Å². The van der Waals surface area contributed by atoms with E-state index in [-0.39, 0.29) is 43.0 Å². The zero-order chi connectivity index (χ0) is 18.9. The topological polar surface area (TPSA) is 58.6 Å². The number of hydrogen-bond acceptors (Lipinski definition) is 3. The van der Waals surface area contributed by atoms with Crippen LogP contribution in [0, 0.1) is 5.82 Å². The summed E-state index contributed by atoms with van der Waals surface area (Å²) in [6, 6.07) is 13.3. The second kappa shape index (κ2) is 9.77. The van der Waals surface area contributed by atoms with E-state index in [0.717, 1.165) is 0 Å². The number of hydrogen-bond donors (Lipinski definition) is 1. The van der Waals surface area contributed by atoms with Gasteiger partial charge in [-0.2, -0.15) is 0 Å². The maximum Gasteiger partial charge on any atom is 0.223 e. The van der Waals surface area contributed by atoms with Crippen molar-refractivity contribution in [1.82, 2.24) is 5.32 Å². The average molecular weight is 379 g/mol. The Bertz CT molecular complexity index is 756. The largest absolute Gasteiger partial charge is 0.493 e. The zero-order valence-electron chi connectivity index (χ0n) is 14.4. The van der Waals surface area contributed by atoms with Gasteiger partial charge in [0.25, 0.3) is 0 Å². The molecule has 2 amide bonds. The minimum atomic E-state index is -0.550. The van der Waals surface area contributed by atoms with E-state index in [1.165, 1.54) is 30.0 Å². The van der Waals surface area contributed by atoms with Crippen LogP contribution in [0.4, 0.5) is 10.1 Å². The van der Waals surface area contributed by atoms with E-state index in [2.05, 4.69) is 5.32 Å². The van der Waals surface area contributed by atoms with E-state index in [1.807, 2.05) is 30.3 Å². The lowest BCUT2D eigenvalue weighted by Crippen LogP contribution is -2.37. The van der Waals surface area contributed by atoms with E-state index < -0.39 is 5.82 Å². The smallest absolute Gasteiger partial charge is 0.223 e. The number of carbonyl (C=O) groups is 2. The summed E-state index contributed by atoms with van der Waals surface area (Å²) in [5, 5.41) is 2.67. The number of carbonyl (C=O) groups excluding carboxylic acids is 2. The highest BCUT2D eigenvalue weighted by atomic mass is 35.5. The third-order valence-electron chi connectivity index (χ3n) is 3.59. The van der Waals surface area contributed by atoms with Gasteiger partial charge in [-0.1, -0.05) is 29.8 Å². The average Bonchev–Trinajstić information content (AvgIpc) is 2.62. The van der Waals surface area contributed by atoms with Gasteiger partial charge in [-0.15, -0.1) is 0 Å². The summed E-state index contributed by atoms with van der Waals surface area (Å²) >= 11 is 5.76. The van der Waals surface area contributed by atoms with Gasteiger partial charge in [0.05, 0.1) is 18.1 Å². The van der Waals surface area contributed by atoms with Crippen LogP contribution in [0.3, 0.4) is 0 Å². The number of benzene rings is 2. The van der Waals surface area contributed by atoms with Crippen LogP contribution in [-0.2, 0) is 9.59 Å². The van der Waals surface area contributed by atoms with Gasteiger partial charge in [-0.3, -0.25) is 9.59 Å². The summed E-state index contributed by atoms with van der Waals surface area (Å²) in [7, 11) is 0. The van der Waals surface area contributed by atoms with Crippen molar-refractivity contribution in [2.24, 2.45) is 0 Å². The van der Waals surface area contributed by atoms with E-state index in [9.17, 15) is 14.0 Å². The molecule has 0 heterocycles. The molecule has 7 heteroatoms. The molecular formula is C19H20ClFN2O3. The van der Waals surface area contributed by atoms with E-state index >= 15 is 0 Å². The lowest BCUT2D eigenvalue weighted by Gasteiger charge is -2.21. The highest BCUT2D eigenvalue weighted by Gasteiger charge is 2.13. The third-order valence-corrected chi connectivity index (χ3v) is 3.88. The first kappa shape index (κ1) is 19.7. The lowest BCUT2D eigenvalue weighted by molar-refractivity contribution is -0.122. The summed E-state index contributed by atoms with van der Waals surface area (Å²) in [5.74, 6) is -0.252. The Labute approximate surface area is 156 Å². The minimum absolute atomic E-state index is 0.0594. The molecule has 0 fully saturated rings. The SMILES string of the molecule is CC(=O)N(CCNC(=O)CCOc1ccccc1)c1ccc(F)c(Cl)c1. The van der Waals surface area contributed by atoms with Crippen LogP contribution < -0.4 is 15.0 Å². The molecular weight excluding hydrogens is 359 g/mol. The summed E-state index contributed by atoms with van der Waals surface area (Å²) in [4.78, 5) is 25.1. The fraction of sp³-hybridized carbons (Fsp3) is 0.263. The second-order valence-corrected chi connectivity index (χ2v) is 5.94. The standard InChI is InChI=1S/C19H20ClFN2O3/c1-14(24)23(15-7-8-18(21)17(20)13-15)11-10-22-19(25)9-12-26-16-5-3-2-4-6-16/h2-8,13H,9-12H2,1H3,(H,22,25). The number of anilines is 1. The predicted octanol–water partition coefficient (Wildman–Crippen LogP) is 3.42. The molecule has 0 atom stereocenters. The molecule has 2 aromatic rings. The highest BCUT2D eigenvalue weighted by Crippen LogP contribution is 2.22. The number of nitrogens with one attached hydrogen (secondary N) is 1. The zero-order valence-corrected chi connectivity index (χ0v) is 15.1. The van der Waals surface area contributed by atoms with E-state index in [1.54, 1.807) is 0 Å². The Kier molecular flexibility index (Phi) is 7.41. The van der Waals surface area contributed by atoms with Crippen LogP contribution in [0.5, 0.6) is 5.75 Å². The molecule has 0 aromatic heterocycles. The van der Waals surface area contributed by atoms with Crippen LogP contribution >= 0.6 is 11.6 Å². The second-order valence-electron chi connectivity index (χ2n) is 5.53. The number of nitrogens with zero attached hydrogens (tertiary/aromatic N) is 1. The minimum Gasteiger partial charge on any atom is -0.493 e. The van der Waals surface area contributed by atoms with Gasteiger partial charge in [-0.25, -0.2) is 4.39 Å². The summed E-state index contributed by atoms with van der Waals surface area (Å²) < 4.78 is 18.7. The maximum absolute atomic E-state index is 13.3. The number of halogens is 2. The first-order chi connectivity index (χ1) is 12.5. The molecule has 0 aliphatic rings. The lowest BCUT2D eigenvalue weighted by atomic mass is 10.2. The Balaban J connectivity index is 1.77. The summed E-state index contributed by atoms with van der Waals surface area (Å²) in [6.45, 7) is 2.17. The predicted molar refractivity (Wildman–Crippen MR) is 99.0 cm³/mol. The molecule has 0 spiro atoms. The summed E-state index contributed by atoms with van der Waals surface area (Å²) in [6.07, 6.45) is 0.206. The van der Waals surface area contributed by atoms with Crippen LogP contribution in [-0.4, -0.2) is 31.5 Å². The van der Waals surface area contributed by atoms with Crippen LogP contribution in [0.15, 0.2) is 48.5 Å². The molecule has 0 saturated heterocycles. The molecule has 0 unspecified atom stereocenters. The normalized spacial score (nSPS) is 10.3. The Morgan fingerprint density at radius 2 is 1.92 bits per heavy atom. The molecule has 0 saturated carbocycles. The van der Waals surface area contributed by atoms with Crippen LogP contribution in [0.2, 0.25) is 5.02 Å². The van der Waals surface area contributed by atoms with Crippen molar-refractivity contribution in [2.75, 3.05) is 24.6 Å². The molecule has 26 heavy (non-hydrogen) atoms. The third kappa shape index (κ3) is 6.04. The van der Waals surface area contributed by atoms with Gasteiger partial charge in [0.2, 0.25) is 11.8 Å². The molecule has 2 rings (SSSR count). The monoisotopic (exact) mass is 378 g/mol. The number of ether oxygens (including phenoxy) is 1. The van der Waals surface area contributed by atoms with E-state index in [4.69, 9.17) is 16.3 Å². The van der Waals surface area contributed by atoms with Gasteiger partial charge in [0.15, 0.2) is 0 Å². The molecule has 0 radical (unpaired) electrons. The van der Waals surface area contributed by atoms with Gasteiger partial charge in [-0.05, 0) is 30.3 Å². The van der Waals surface area contributed by atoms with Gasteiger partial charge < -0.3 is 15.0 Å². The van der Waals surface area contributed by atoms with Crippen molar-refractivity contribution in [3.05, 3.63) is 59.4 Å². The fourth-order valence-electron chi connectivity index (χ4n) is 2.30. The van der Waals surface area contributed by atoms with Crippen molar-refractivity contribution in [3.63, 3.8) is 0 Å². The van der Waals surface area contributed by atoms with Crippen molar-refractivity contribution in [1.29, 1.82) is 0 Å². The Hall–Kier alpha value is -2.60. The van der Waals surface area contributed by atoms with E-state index in [0.29, 0.717) is 11.4 Å². The van der Waals surface area contributed by atoms with Crippen LogP contribution in [0.25, 0.3) is 0 Å². The highest BCUT2D eigenvalue weighted by molar-refractivity contribution is 6.31. The number of amides is 2. The molecule has 1 N–H and O–H groups in total. The molecule has 0 bridgehead atoms. The first-order valence-electron chi connectivity index (χ1n) is 8.15. The summed E-state index contributed by atoms with van der Waals surface area (Å²) in [5.41, 5.74) is 0.477. The Morgan fingerprint density at radius 1 is 1.19 bits per heavy atom. The molecule has 0 aliphatic carbocycles. The molecule has 2 aromatic carbocycles. The van der Waals surface area contributed by atoms with Gasteiger partial charge in [0, 0.05) is 25.7 Å². The number of para-hydroxylation sites is 1. The molecule has 0 aliphatic heterocycles. The fourth-order valence-corrected chi connectivity index (χ4v) is 2.47.